The van der Waals surface area contributed by atoms with Gasteiger partial charge in [0.1, 0.15) is 0 Å². The first-order chi connectivity index (χ1) is 14.9. The molecule has 0 saturated carbocycles. The number of hydrogen-bond acceptors (Lipinski definition) is 3. The van der Waals surface area contributed by atoms with Gasteiger partial charge in [-0.15, -0.1) is 0 Å². The third-order valence-corrected chi connectivity index (χ3v) is 5.68. The van der Waals surface area contributed by atoms with Crippen LogP contribution in [0, 0.1) is 6.92 Å². The number of amides is 1. The lowest BCUT2D eigenvalue weighted by Gasteiger charge is -2.22. The van der Waals surface area contributed by atoms with Crippen molar-refractivity contribution in [3.63, 3.8) is 0 Å². The Morgan fingerprint density at radius 1 is 1.06 bits per heavy atom. The monoisotopic (exact) mass is 431 g/mol. The van der Waals surface area contributed by atoms with Crippen LogP contribution in [0.4, 0.5) is 5.69 Å². The zero-order chi connectivity index (χ0) is 22.0. The molecule has 156 valence electrons. The van der Waals surface area contributed by atoms with Crippen molar-refractivity contribution < 1.29 is 14.7 Å². The second-order valence-corrected chi connectivity index (χ2v) is 8.22. The molecule has 0 saturated heterocycles. The van der Waals surface area contributed by atoms with Crippen molar-refractivity contribution in [1.29, 1.82) is 0 Å². The third kappa shape index (κ3) is 4.31. The lowest BCUT2D eigenvalue weighted by Crippen LogP contribution is -2.41. The minimum Gasteiger partial charge on any atom is -0.375 e. The highest BCUT2D eigenvalue weighted by Gasteiger charge is 2.50. The number of carbonyl (C=O) groups is 2. The molecule has 3 aromatic rings. The van der Waals surface area contributed by atoms with E-state index in [1.165, 1.54) is 11.0 Å². The molecule has 1 N–H and O–H groups in total. The summed E-state index contributed by atoms with van der Waals surface area (Å²) in [5.74, 6) is -0.866. The number of hydrogen-bond donors (Lipinski definition) is 1. The zero-order valence-corrected chi connectivity index (χ0v) is 17.8. The highest BCUT2D eigenvalue weighted by Crippen LogP contribution is 2.44. The van der Waals surface area contributed by atoms with Crippen LogP contribution in [0.15, 0.2) is 78.9 Å². The largest absolute Gasteiger partial charge is 0.375 e. The summed E-state index contributed by atoms with van der Waals surface area (Å²) in [6, 6.07) is 22.2. The van der Waals surface area contributed by atoms with Crippen molar-refractivity contribution in [2.24, 2.45) is 0 Å². The zero-order valence-electron chi connectivity index (χ0n) is 17.1. The Labute approximate surface area is 186 Å². The third-order valence-electron chi connectivity index (χ3n) is 5.45. The predicted octanol–water partition coefficient (Wildman–Crippen LogP) is 5.06. The van der Waals surface area contributed by atoms with Crippen molar-refractivity contribution in [3.05, 3.63) is 106 Å². The van der Waals surface area contributed by atoms with E-state index in [0.29, 0.717) is 22.8 Å². The standard InChI is InChI=1S/C26H22ClNO3/c1-18-7-9-20(10-8-18)17-28-24-14-12-21(27)15-23(24)26(31,25(28)30)16-22(29)13-11-19-5-3-2-4-6-19/h2-15,31H,16-17H2,1H3/b13-11+/t26-/m1/s1. The molecule has 0 spiro atoms. The van der Waals surface area contributed by atoms with Gasteiger partial charge in [-0.25, -0.2) is 0 Å². The number of fused-ring (bicyclic) bond motifs is 1. The van der Waals surface area contributed by atoms with Crippen LogP contribution < -0.4 is 4.90 Å². The molecule has 0 unspecified atom stereocenters. The van der Waals surface area contributed by atoms with Crippen molar-refractivity contribution in [2.75, 3.05) is 4.90 Å². The van der Waals surface area contributed by atoms with Crippen molar-refractivity contribution in [3.8, 4) is 0 Å². The van der Waals surface area contributed by atoms with Gasteiger partial charge in [-0.1, -0.05) is 77.8 Å². The molecule has 1 aliphatic heterocycles. The summed E-state index contributed by atoms with van der Waals surface area (Å²) in [4.78, 5) is 27.5. The SMILES string of the molecule is Cc1ccc(CN2C(=O)[C@@](O)(CC(=O)/C=C/c3ccccc3)c3cc(Cl)ccc32)cc1. The molecule has 1 heterocycles. The van der Waals surface area contributed by atoms with Crippen molar-refractivity contribution >= 4 is 35.1 Å². The Kier molecular flexibility index (Phi) is 5.77. The minimum absolute atomic E-state index is 0.296. The maximum absolute atomic E-state index is 13.3. The number of anilines is 1. The molecule has 31 heavy (non-hydrogen) atoms. The highest BCUT2D eigenvalue weighted by atomic mass is 35.5. The van der Waals surface area contributed by atoms with E-state index >= 15 is 0 Å². The molecular formula is C26H22ClNO3. The molecule has 0 aromatic heterocycles. The number of allylic oxidation sites excluding steroid dienone is 1. The van der Waals surface area contributed by atoms with Crippen LogP contribution in [0.3, 0.4) is 0 Å². The van der Waals surface area contributed by atoms with E-state index in [-0.39, 0.29) is 12.2 Å². The average molecular weight is 432 g/mol. The summed E-state index contributed by atoms with van der Waals surface area (Å²) in [5, 5.41) is 11.8. The van der Waals surface area contributed by atoms with E-state index in [1.54, 1.807) is 24.3 Å². The van der Waals surface area contributed by atoms with E-state index in [1.807, 2.05) is 61.5 Å². The van der Waals surface area contributed by atoms with Gasteiger partial charge in [-0.3, -0.25) is 9.59 Å². The first kappa shape index (κ1) is 21.0. The van der Waals surface area contributed by atoms with Gasteiger partial charge in [-0.2, -0.15) is 0 Å². The Morgan fingerprint density at radius 2 is 1.77 bits per heavy atom. The molecule has 0 bridgehead atoms. The lowest BCUT2D eigenvalue weighted by molar-refractivity contribution is -0.140. The van der Waals surface area contributed by atoms with Gasteiger partial charge in [0.15, 0.2) is 11.4 Å². The molecule has 5 heteroatoms. The summed E-state index contributed by atoms with van der Waals surface area (Å²) in [6.45, 7) is 2.29. The number of nitrogens with zero attached hydrogens (tertiary/aromatic N) is 1. The second kappa shape index (κ2) is 8.50. The Hall–Kier alpha value is -3.21. The van der Waals surface area contributed by atoms with E-state index in [4.69, 9.17) is 11.6 Å². The minimum atomic E-state index is -1.96. The van der Waals surface area contributed by atoms with E-state index in [0.717, 1.165) is 16.7 Å². The number of carbonyl (C=O) groups excluding carboxylic acids is 2. The van der Waals surface area contributed by atoms with Crippen LogP contribution in [0.25, 0.3) is 6.08 Å². The molecule has 0 radical (unpaired) electrons. The van der Waals surface area contributed by atoms with Crippen LogP contribution in [-0.4, -0.2) is 16.8 Å². The number of benzene rings is 3. The molecule has 1 atom stereocenters. The summed E-state index contributed by atoms with van der Waals surface area (Å²) < 4.78 is 0. The Balaban J connectivity index is 1.63. The number of aryl methyl sites for hydroxylation is 1. The fourth-order valence-corrected chi connectivity index (χ4v) is 3.96. The number of aliphatic hydroxyl groups is 1. The van der Waals surface area contributed by atoms with Gasteiger partial charge in [0.2, 0.25) is 0 Å². The van der Waals surface area contributed by atoms with Gasteiger partial charge in [0, 0.05) is 10.6 Å². The first-order valence-corrected chi connectivity index (χ1v) is 10.4. The molecule has 1 amide bonds. The molecule has 3 aromatic carbocycles. The fraction of sp³-hybridized carbons (Fsp3) is 0.154. The maximum Gasteiger partial charge on any atom is 0.264 e. The van der Waals surface area contributed by atoms with Crippen molar-refractivity contribution in [2.45, 2.75) is 25.5 Å². The van der Waals surface area contributed by atoms with Crippen molar-refractivity contribution in [1.82, 2.24) is 0 Å². The van der Waals surface area contributed by atoms with Crippen LogP contribution in [0.5, 0.6) is 0 Å². The molecule has 4 nitrogen and oxygen atoms in total. The summed E-state index contributed by atoms with van der Waals surface area (Å²) in [5.41, 5.74) is 1.89. The van der Waals surface area contributed by atoms with Gasteiger partial charge >= 0.3 is 0 Å². The van der Waals surface area contributed by atoms with E-state index in [9.17, 15) is 14.7 Å². The topological polar surface area (TPSA) is 57.6 Å². The molecule has 0 fully saturated rings. The first-order valence-electron chi connectivity index (χ1n) is 10.0. The van der Waals surface area contributed by atoms with Crippen LogP contribution in [0.2, 0.25) is 5.02 Å². The summed E-state index contributed by atoms with van der Waals surface area (Å²) in [6.07, 6.45) is 2.72. The van der Waals surface area contributed by atoms with Gasteiger partial charge in [0.25, 0.3) is 5.91 Å². The normalized spacial score (nSPS) is 17.9. The van der Waals surface area contributed by atoms with Gasteiger partial charge in [0.05, 0.1) is 18.7 Å². The number of ketones is 1. The van der Waals surface area contributed by atoms with Gasteiger partial charge in [-0.05, 0) is 42.3 Å². The summed E-state index contributed by atoms with van der Waals surface area (Å²) >= 11 is 6.16. The average Bonchev–Trinajstić information content (AvgIpc) is 2.96. The van der Waals surface area contributed by atoms with Crippen LogP contribution in [0.1, 0.15) is 28.7 Å². The molecule has 0 aliphatic carbocycles. The Morgan fingerprint density at radius 3 is 2.48 bits per heavy atom. The van der Waals surface area contributed by atoms with E-state index < -0.39 is 11.5 Å². The number of rotatable bonds is 6. The molecule has 4 rings (SSSR count). The quantitative estimate of drug-likeness (QED) is 0.555. The number of halogens is 1. The lowest BCUT2D eigenvalue weighted by atomic mass is 9.89. The maximum atomic E-state index is 13.3. The second-order valence-electron chi connectivity index (χ2n) is 7.79. The Bertz CT molecular complexity index is 1160. The highest BCUT2D eigenvalue weighted by molar-refractivity contribution is 6.31. The van der Waals surface area contributed by atoms with Gasteiger partial charge < -0.3 is 10.0 Å². The van der Waals surface area contributed by atoms with Crippen LogP contribution in [-0.2, 0) is 21.7 Å². The summed E-state index contributed by atoms with van der Waals surface area (Å²) in [7, 11) is 0. The predicted molar refractivity (Wildman–Crippen MR) is 123 cm³/mol. The smallest absolute Gasteiger partial charge is 0.264 e. The molecule has 1 aliphatic rings. The fourth-order valence-electron chi connectivity index (χ4n) is 3.79. The van der Waals surface area contributed by atoms with E-state index in [2.05, 4.69) is 0 Å². The van der Waals surface area contributed by atoms with Crippen LogP contribution >= 0.6 is 11.6 Å². The molecular weight excluding hydrogens is 410 g/mol.